The van der Waals surface area contributed by atoms with Crippen LogP contribution in [0.15, 0.2) is 0 Å². The molecule has 2 nitrogen and oxygen atoms in total. The molecule has 0 amide bonds. The van der Waals surface area contributed by atoms with Gasteiger partial charge in [-0.2, -0.15) is 0 Å². The Kier molecular flexibility index (Phi) is 4.93. The summed E-state index contributed by atoms with van der Waals surface area (Å²) in [5, 5.41) is 3.12. The van der Waals surface area contributed by atoms with Crippen LogP contribution in [0, 0.1) is 12.0 Å². The van der Waals surface area contributed by atoms with Gasteiger partial charge in [0.2, 0.25) is 0 Å². The van der Waals surface area contributed by atoms with Gasteiger partial charge >= 0.3 is 0 Å². The van der Waals surface area contributed by atoms with E-state index in [2.05, 4.69) is 31.4 Å². The van der Waals surface area contributed by atoms with E-state index in [9.17, 15) is 0 Å². The Morgan fingerprint density at radius 1 is 1.36 bits per heavy atom. The molecule has 0 heterocycles. The van der Waals surface area contributed by atoms with Gasteiger partial charge in [-0.1, -0.05) is 0 Å². The zero-order valence-electron chi connectivity index (χ0n) is 8.07. The topological polar surface area (TPSA) is 12.0 Å². The predicted molar refractivity (Wildman–Crippen MR) is 49.0 cm³/mol. The van der Waals surface area contributed by atoms with Gasteiger partial charge in [0.25, 0.3) is 0 Å². The molecular weight excluding hydrogens is 136 g/mol. The molecule has 0 fully saturated rings. The van der Waals surface area contributed by atoms with Gasteiger partial charge in [0.1, 0.15) is 6.04 Å². The summed E-state index contributed by atoms with van der Waals surface area (Å²) in [6.45, 7) is 4.08. The molecule has 0 aliphatic rings. The fourth-order valence-corrected chi connectivity index (χ4v) is 1.01. The average molecular weight is 155 g/mol. The Labute approximate surface area is 70.2 Å². The second-order valence-corrected chi connectivity index (χ2v) is 3.23. The third-order valence-corrected chi connectivity index (χ3v) is 1.56. The van der Waals surface area contributed by atoms with Crippen LogP contribution in [0.1, 0.15) is 13.3 Å². The highest BCUT2D eigenvalue weighted by molar-refractivity contribution is 4.85. The molecule has 0 aromatic rings. The van der Waals surface area contributed by atoms with Crippen molar-refractivity contribution in [3.63, 3.8) is 0 Å². The molecular formula is C9H19N2+. The molecule has 0 rings (SSSR count). The second-order valence-electron chi connectivity index (χ2n) is 3.23. The lowest BCUT2D eigenvalue weighted by atomic mass is 10.3. The minimum Gasteiger partial charge on any atom is -0.320 e. The second kappa shape index (κ2) is 5.17. The van der Waals surface area contributed by atoms with E-state index >= 15 is 0 Å². The van der Waals surface area contributed by atoms with E-state index in [4.69, 9.17) is 0 Å². The third kappa shape index (κ3) is 5.90. The van der Waals surface area contributed by atoms with Crippen molar-refractivity contribution in [3.8, 4) is 12.0 Å². The first-order valence-electron chi connectivity index (χ1n) is 4.04. The summed E-state index contributed by atoms with van der Waals surface area (Å²) in [4.78, 5) is 0. The summed E-state index contributed by atoms with van der Waals surface area (Å²) in [6, 6.07) is 3.14. The lowest BCUT2D eigenvalue weighted by Gasteiger charge is -2.20. The highest BCUT2D eigenvalue weighted by atomic mass is 15.3. The first-order chi connectivity index (χ1) is 5.12. The lowest BCUT2D eigenvalue weighted by molar-refractivity contribution is -0.822. The maximum absolute atomic E-state index is 3.14. The van der Waals surface area contributed by atoms with Crippen LogP contribution in [0.4, 0.5) is 0 Å². The molecule has 0 bridgehead atoms. The van der Waals surface area contributed by atoms with Crippen LogP contribution >= 0.6 is 0 Å². The Bertz CT molecular complexity index is 151. The molecule has 0 aromatic carbocycles. The quantitative estimate of drug-likeness (QED) is 0.357. The van der Waals surface area contributed by atoms with Crippen LogP contribution in [0.3, 0.4) is 0 Å². The van der Waals surface area contributed by atoms with Crippen molar-refractivity contribution in [1.82, 2.24) is 5.32 Å². The average Bonchev–Trinajstić information content (AvgIpc) is 1.87. The third-order valence-electron chi connectivity index (χ3n) is 1.56. The molecule has 0 saturated heterocycles. The summed E-state index contributed by atoms with van der Waals surface area (Å²) in [5.41, 5.74) is 0. The van der Waals surface area contributed by atoms with Crippen LogP contribution in [0.2, 0.25) is 0 Å². The molecule has 0 unspecified atom stereocenters. The van der Waals surface area contributed by atoms with Gasteiger partial charge in [0.05, 0.1) is 20.6 Å². The van der Waals surface area contributed by atoms with Crippen molar-refractivity contribution >= 4 is 0 Å². The molecule has 0 aromatic heterocycles. The number of nitrogens with zero attached hydrogens (tertiary/aromatic N) is 1. The number of hydrogen-bond donors (Lipinski definition) is 1. The molecule has 2 heteroatoms. The molecule has 1 N–H and O–H groups in total. The summed E-state index contributed by atoms with van der Waals surface area (Å²) < 4.78 is 0.804. The lowest BCUT2D eigenvalue weighted by Crippen LogP contribution is -2.36. The van der Waals surface area contributed by atoms with Gasteiger partial charge in [-0.3, -0.25) is 4.48 Å². The van der Waals surface area contributed by atoms with E-state index in [-0.39, 0.29) is 0 Å². The summed E-state index contributed by atoms with van der Waals surface area (Å²) in [7, 11) is 6.24. The van der Waals surface area contributed by atoms with Gasteiger partial charge in [0.15, 0.2) is 0 Å². The molecule has 0 aliphatic heterocycles. The first kappa shape index (κ1) is 10.5. The zero-order valence-corrected chi connectivity index (χ0v) is 8.07. The number of rotatable bonds is 4. The van der Waals surface area contributed by atoms with E-state index in [1.165, 1.54) is 6.42 Å². The Morgan fingerprint density at radius 3 is 2.45 bits per heavy atom. The highest BCUT2D eigenvalue weighted by Crippen LogP contribution is 1.95. The van der Waals surface area contributed by atoms with E-state index < -0.39 is 0 Å². The van der Waals surface area contributed by atoms with Gasteiger partial charge in [-0.15, -0.1) is 0 Å². The predicted octanol–water partition coefficient (Wildman–Crippen LogP) is 0.653. The fraction of sp³-hybridized carbons (Fsp3) is 0.778. The largest absolute Gasteiger partial charge is 0.320 e. The minimum absolute atomic E-state index is 0.804. The van der Waals surface area contributed by atoms with Crippen molar-refractivity contribution in [2.75, 3.05) is 34.2 Å². The van der Waals surface area contributed by atoms with Crippen molar-refractivity contribution in [3.05, 3.63) is 0 Å². The van der Waals surface area contributed by atoms with Crippen LogP contribution in [0.25, 0.3) is 0 Å². The van der Waals surface area contributed by atoms with Crippen LogP contribution in [-0.2, 0) is 0 Å². The molecule has 0 aliphatic carbocycles. The van der Waals surface area contributed by atoms with Crippen LogP contribution in [-0.4, -0.2) is 38.7 Å². The van der Waals surface area contributed by atoms with Crippen molar-refractivity contribution in [1.29, 1.82) is 0 Å². The summed E-state index contributed by atoms with van der Waals surface area (Å²) in [6.07, 6.45) is 1.18. The molecule has 11 heavy (non-hydrogen) atoms. The molecule has 0 radical (unpaired) electrons. The van der Waals surface area contributed by atoms with Crippen LogP contribution < -0.4 is 5.32 Å². The Hall–Kier alpha value is -0.520. The normalized spacial score (nSPS) is 10.5. The van der Waals surface area contributed by atoms with Gasteiger partial charge in [-0.05, 0) is 13.0 Å². The number of quaternary nitrogens is 1. The van der Waals surface area contributed by atoms with E-state index in [1.54, 1.807) is 0 Å². The van der Waals surface area contributed by atoms with Gasteiger partial charge < -0.3 is 5.32 Å². The van der Waals surface area contributed by atoms with E-state index in [1.807, 2.05) is 14.0 Å². The van der Waals surface area contributed by atoms with Crippen LogP contribution in [0.5, 0.6) is 0 Å². The SMILES string of the molecule is CC#C[N+](C)(C)CCCNC. The highest BCUT2D eigenvalue weighted by Gasteiger charge is 2.09. The monoisotopic (exact) mass is 155 g/mol. The summed E-state index contributed by atoms with van der Waals surface area (Å²) >= 11 is 0. The fourth-order valence-electron chi connectivity index (χ4n) is 1.01. The summed E-state index contributed by atoms with van der Waals surface area (Å²) in [5.74, 6) is 2.94. The van der Waals surface area contributed by atoms with Crippen molar-refractivity contribution in [2.24, 2.45) is 0 Å². The van der Waals surface area contributed by atoms with E-state index in [0.717, 1.165) is 17.6 Å². The number of hydrogen-bond acceptors (Lipinski definition) is 1. The van der Waals surface area contributed by atoms with Crippen molar-refractivity contribution in [2.45, 2.75) is 13.3 Å². The Morgan fingerprint density at radius 2 is 2.00 bits per heavy atom. The minimum atomic E-state index is 0.804. The van der Waals surface area contributed by atoms with Gasteiger partial charge in [-0.25, -0.2) is 0 Å². The molecule has 64 valence electrons. The zero-order chi connectivity index (χ0) is 8.74. The maximum Gasteiger partial charge on any atom is 0.136 e. The Balaban J connectivity index is 3.61. The van der Waals surface area contributed by atoms with Gasteiger partial charge in [0, 0.05) is 19.9 Å². The standard InChI is InChI=1S/C9H19N2/c1-5-8-11(3,4)9-6-7-10-2/h10H,6-7,9H2,1-4H3/q+1. The molecule has 0 saturated carbocycles. The number of nitrogens with one attached hydrogen (secondary N) is 1. The van der Waals surface area contributed by atoms with Crippen molar-refractivity contribution < 1.29 is 4.48 Å². The molecule has 0 spiro atoms. The molecule has 0 atom stereocenters. The maximum atomic E-state index is 3.14. The van der Waals surface area contributed by atoms with E-state index in [0.29, 0.717) is 0 Å². The smallest absolute Gasteiger partial charge is 0.136 e. The first-order valence-corrected chi connectivity index (χ1v) is 4.04.